The lowest BCUT2D eigenvalue weighted by atomic mass is 10.2. The summed E-state index contributed by atoms with van der Waals surface area (Å²) in [7, 11) is 0. The Labute approximate surface area is 150 Å². The summed E-state index contributed by atoms with van der Waals surface area (Å²) < 4.78 is 2.18. The number of rotatable bonds is 6. The topological polar surface area (TPSA) is 51.0 Å². The van der Waals surface area contributed by atoms with E-state index in [1.165, 1.54) is 29.5 Å². The Morgan fingerprint density at radius 1 is 1.38 bits per heavy atom. The van der Waals surface area contributed by atoms with E-state index >= 15 is 0 Å². The van der Waals surface area contributed by atoms with E-state index in [0.29, 0.717) is 11.7 Å². The number of thiophene rings is 1. The summed E-state index contributed by atoms with van der Waals surface area (Å²) >= 11 is 3.28. The molecule has 1 aliphatic carbocycles. The number of nitrogens with zero attached hydrogens (tertiary/aromatic N) is 4. The van der Waals surface area contributed by atoms with E-state index in [2.05, 4.69) is 39.2 Å². The van der Waals surface area contributed by atoms with Gasteiger partial charge in [0, 0.05) is 23.9 Å². The molecule has 7 heteroatoms. The van der Waals surface area contributed by atoms with Crippen LogP contribution < -0.4 is 0 Å². The van der Waals surface area contributed by atoms with Gasteiger partial charge < -0.3 is 9.47 Å². The van der Waals surface area contributed by atoms with Crippen LogP contribution in [-0.4, -0.2) is 37.9 Å². The van der Waals surface area contributed by atoms with Crippen molar-refractivity contribution in [3.63, 3.8) is 0 Å². The van der Waals surface area contributed by atoms with Gasteiger partial charge in [0.05, 0.1) is 11.8 Å². The van der Waals surface area contributed by atoms with E-state index in [1.54, 1.807) is 11.3 Å². The highest BCUT2D eigenvalue weighted by atomic mass is 32.2. The molecule has 0 bridgehead atoms. The Kier molecular flexibility index (Phi) is 4.63. The van der Waals surface area contributed by atoms with Crippen molar-refractivity contribution >= 4 is 29.0 Å². The van der Waals surface area contributed by atoms with Gasteiger partial charge in [-0.3, -0.25) is 4.79 Å². The Balaban J connectivity index is 1.41. The van der Waals surface area contributed by atoms with Crippen LogP contribution in [0.4, 0.5) is 0 Å². The first-order valence-electron chi connectivity index (χ1n) is 8.66. The molecule has 5 nitrogen and oxygen atoms in total. The van der Waals surface area contributed by atoms with E-state index in [-0.39, 0.29) is 11.9 Å². The summed E-state index contributed by atoms with van der Waals surface area (Å²) in [5.41, 5.74) is 0. The Morgan fingerprint density at radius 3 is 2.96 bits per heavy atom. The minimum absolute atomic E-state index is 0.217. The molecular weight excluding hydrogens is 340 g/mol. The number of aromatic nitrogens is 3. The summed E-state index contributed by atoms with van der Waals surface area (Å²) in [5.74, 6) is 2.36. The van der Waals surface area contributed by atoms with Gasteiger partial charge in [0.1, 0.15) is 5.82 Å². The molecule has 1 amide bonds. The Hall–Kier alpha value is -1.34. The third kappa shape index (κ3) is 3.11. The van der Waals surface area contributed by atoms with Crippen LogP contribution in [0.15, 0.2) is 22.7 Å². The third-order valence-corrected chi connectivity index (χ3v) is 6.70. The number of thioether (sulfide) groups is 1. The Morgan fingerprint density at radius 2 is 2.25 bits per heavy atom. The van der Waals surface area contributed by atoms with Gasteiger partial charge in [0.2, 0.25) is 5.91 Å². The summed E-state index contributed by atoms with van der Waals surface area (Å²) in [6.45, 7) is 3.86. The minimum atomic E-state index is 0.217. The Bertz CT molecular complexity index is 708. The number of carbonyl (C=O) groups excluding carboxylic acids is 1. The van der Waals surface area contributed by atoms with Gasteiger partial charge in [0.25, 0.3) is 0 Å². The largest absolute Gasteiger partial charge is 0.334 e. The summed E-state index contributed by atoms with van der Waals surface area (Å²) in [5, 5.41) is 11.7. The highest BCUT2D eigenvalue weighted by Crippen LogP contribution is 2.40. The normalized spacial score (nSPS) is 20.7. The number of hydrogen-bond donors (Lipinski definition) is 0. The highest BCUT2D eigenvalue weighted by molar-refractivity contribution is 7.99. The van der Waals surface area contributed by atoms with Crippen molar-refractivity contribution in [1.29, 1.82) is 0 Å². The summed E-state index contributed by atoms with van der Waals surface area (Å²) in [6, 6.07) is 4.48. The molecule has 1 aliphatic heterocycles. The molecule has 1 unspecified atom stereocenters. The fourth-order valence-electron chi connectivity index (χ4n) is 3.40. The van der Waals surface area contributed by atoms with E-state index < -0.39 is 0 Å². The number of carbonyl (C=O) groups is 1. The highest BCUT2D eigenvalue weighted by Gasteiger charge is 2.32. The van der Waals surface area contributed by atoms with E-state index in [1.807, 2.05) is 4.90 Å². The van der Waals surface area contributed by atoms with Crippen LogP contribution in [0.1, 0.15) is 55.3 Å². The molecule has 0 N–H and O–H groups in total. The van der Waals surface area contributed by atoms with E-state index in [0.717, 1.165) is 36.9 Å². The molecule has 1 saturated carbocycles. The van der Waals surface area contributed by atoms with Crippen molar-refractivity contribution in [1.82, 2.24) is 19.7 Å². The molecule has 4 rings (SSSR count). The minimum Gasteiger partial charge on any atom is -0.334 e. The van der Waals surface area contributed by atoms with Crippen LogP contribution >= 0.6 is 23.1 Å². The van der Waals surface area contributed by atoms with Gasteiger partial charge in [-0.05, 0) is 44.1 Å². The van der Waals surface area contributed by atoms with Crippen LogP contribution in [0.2, 0.25) is 0 Å². The smallest absolute Gasteiger partial charge is 0.233 e. The molecule has 24 heavy (non-hydrogen) atoms. The maximum atomic E-state index is 12.7. The molecule has 2 aliphatic rings. The van der Waals surface area contributed by atoms with Gasteiger partial charge in [0.15, 0.2) is 5.16 Å². The third-order valence-electron chi connectivity index (χ3n) is 4.77. The lowest BCUT2D eigenvalue weighted by Gasteiger charge is -2.23. The van der Waals surface area contributed by atoms with Crippen LogP contribution in [0.25, 0.3) is 0 Å². The van der Waals surface area contributed by atoms with Crippen molar-refractivity contribution in [2.45, 2.75) is 56.3 Å². The van der Waals surface area contributed by atoms with Crippen LogP contribution in [0.3, 0.4) is 0 Å². The van der Waals surface area contributed by atoms with Crippen molar-refractivity contribution in [3.8, 4) is 0 Å². The standard InChI is InChI=1S/C17H22N4OS2/c1-2-20-16(12-7-8-12)18-19-17(20)24-11-15(22)21-9-3-5-13(21)14-6-4-10-23-14/h4,6,10,12-13H,2-3,5,7-9,11H2,1H3. The second-order valence-corrected chi connectivity index (χ2v) is 8.33. The SMILES string of the molecule is CCn1c(SCC(=O)N2CCCC2c2cccs2)nnc1C1CC1. The maximum absolute atomic E-state index is 12.7. The lowest BCUT2D eigenvalue weighted by Crippen LogP contribution is -2.31. The van der Waals surface area contributed by atoms with Crippen molar-refractivity contribution < 1.29 is 4.79 Å². The van der Waals surface area contributed by atoms with Crippen LogP contribution in [0, 0.1) is 0 Å². The maximum Gasteiger partial charge on any atom is 0.233 e. The molecule has 0 radical (unpaired) electrons. The predicted molar refractivity (Wildman–Crippen MR) is 96.4 cm³/mol. The molecular formula is C17H22N4OS2. The number of hydrogen-bond acceptors (Lipinski definition) is 5. The zero-order valence-corrected chi connectivity index (χ0v) is 15.5. The molecule has 2 aromatic heterocycles. The van der Waals surface area contributed by atoms with Gasteiger partial charge in [-0.25, -0.2) is 0 Å². The van der Waals surface area contributed by atoms with E-state index in [9.17, 15) is 4.79 Å². The summed E-state index contributed by atoms with van der Waals surface area (Å²) in [6.07, 6.45) is 4.61. The molecule has 1 atom stereocenters. The first-order valence-corrected chi connectivity index (χ1v) is 10.5. The average Bonchev–Trinajstić information content (AvgIpc) is 3.04. The van der Waals surface area contributed by atoms with Crippen molar-refractivity contribution in [2.75, 3.05) is 12.3 Å². The van der Waals surface area contributed by atoms with Crippen molar-refractivity contribution in [3.05, 3.63) is 28.2 Å². The molecule has 3 heterocycles. The van der Waals surface area contributed by atoms with Crippen LogP contribution in [-0.2, 0) is 11.3 Å². The van der Waals surface area contributed by atoms with Gasteiger partial charge in [-0.2, -0.15) is 0 Å². The second kappa shape index (κ2) is 6.88. The number of amides is 1. The van der Waals surface area contributed by atoms with Gasteiger partial charge in [-0.15, -0.1) is 21.5 Å². The first-order chi connectivity index (χ1) is 11.8. The monoisotopic (exact) mass is 362 g/mol. The fourth-order valence-corrected chi connectivity index (χ4v) is 5.17. The summed E-state index contributed by atoms with van der Waals surface area (Å²) in [4.78, 5) is 16.1. The molecule has 1 saturated heterocycles. The number of likely N-dealkylation sites (tertiary alicyclic amines) is 1. The predicted octanol–water partition coefficient (Wildman–Crippen LogP) is 3.69. The lowest BCUT2D eigenvalue weighted by molar-refractivity contribution is -0.129. The van der Waals surface area contributed by atoms with Crippen molar-refractivity contribution in [2.24, 2.45) is 0 Å². The average molecular weight is 363 g/mol. The fraction of sp³-hybridized carbons (Fsp3) is 0.588. The van der Waals surface area contributed by atoms with Gasteiger partial charge >= 0.3 is 0 Å². The molecule has 2 aromatic rings. The van der Waals surface area contributed by atoms with Gasteiger partial charge in [-0.1, -0.05) is 17.8 Å². The molecule has 0 spiro atoms. The quantitative estimate of drug-likeness (QED) is 0.736. The first kappa shape index (κ1) is 16.1. The molecule has 128 valence electrons. The zero-order valence-electron chi connectivity index (χ0n) is 13.9. The molecule has 2 fully saturated rings. The second-order valence-electron chi connectivity index (χ2n) is 6.41. The van der Waals surface area contributed by atoms with Crippen LogP contribution in [0.5, 0.6) is 0 Å². The van der Waals surface area contributed by atoms with E-state index in [4.69, 9.17) is 0 Å². The molecule has 0 aromatic carbocycles. The zero-order chi connectivity index (χ0) is 16.5.